The minimum atomic E-state index is 0.621. The highest BCUT2D eigenvalue weighted by Crippen LogP contribution is 2.26. The van der Waals surface area contributed by atoms with E-state index in [2.05, 4.69) is 48.3 Å². The Hall–Kier alpha value is -2.00. The molecule has 0 radical (unpaired) electrons. The summed E-state index contributed by atoms with van der Waals surface area (Å²) < 4.78 is 5.87. The summed E-state index contributed by atoms with van der Waals surface area (Å²) in [4.78, 5) is 2.47. The van der Waals surface area contributed by atoms with Gasteiger partial charge in [-0.1, -0.05) is 25.1 Å². The van der Waals surface area contributed by atoms with Crippen molar-refractivity contribution in [3.05, 3.63) is 54.6 Å². The molecule has 3 nitrogen and oxygen atoms in total. The van der Waals surface area contributed by atoms with Crippen LogP contribution in [0.4, 0.5) is 5.69 Å². The van der Waals surface area contributed by atoms with Gasteiger partial charge >= 0.3 is 0 Å². The molecule has 0 bridgehead atoms. The van der Waals surface area contributed by atoms with Crippen LogP contribution in [0.1, 0.15) is 33.1 Å². The maximum absolute atomic E-state index is 5.87. The monoisotopic (exact) mass is 324 g/mol. The van der Waals surface area contributed by atoms with Crippen LogP contribution in [0.2, 0.25) is 0 Å². The quantitative estimate of drug-likeness (QED) is 0.823. The van der Waals surface area contributed by atoms with Crippen molar-refractivity contribution >= 4 is 5.69 Å². The van der Waals surface area contributed by atoms with Gasteiger partial charge in [0.05, 0.1) is 0 Å². The lowest BCUT2D eigenvalue weighted by molar-refractivity contribution is 0.372. The molecule has 1 aliphatic rings. The molecule has 0 saturated carbocycles. The van der Waals surface area contributed by atoms with E-state index < -0.39 is 0 Å². The van der Waals surface area contributed by atoms with Gasteiger partial charge in [-0.2, -0.15) is 0 Å². The molecule has 0 aromatic heterocycles. The molecule has 24 heavy (non-hydrogen) atoms. The second-order valence-electron chi connectivity index (χ2n) is 6.65. The number of nitrogens with zero attached hydrogens (tertiary/aromatic N) is 1. The summed E-state index contributed by atoms with van der Waals surface area (Å²) in [6, 6.07) is 19.7. The van der Waals surface area contributed by atoms with E-state index in [1.807, 2.05) is 30.3 Å². The van der Waals surface area contributed by atoms with Gasteiger partial charge in [0.25, 0.3) is 0 Å². The molecule has 1 fully saturated rings. The Labute approximate surface area is 145 Å². The number of hydrogen-bond donors (Lipinski definition) is 1. The van der Waals surface area contributed by atoms with Gasteiger partial charge in [-0.05, 0) is 62.6 Å². The third kappa shape index (κ3) is 4.51. The summed E-state index contributed by atoms with van der Waals surface area (Å²) >= 11 is 0. The first kappa shape index (κ1) is 16.8. The Morgan fingerprint density at radius 2 is 1.62 bits per heavy atom. The van der Waals surface area contributed by atoms with E-state index in [0.29, 0.717) is 12.1 Å². The van der Waals surface area contributed by atoms with Gasteiger partial charge in [0, 0.05) is 30.9 Å². The minimum absolute atomic E-state index is 0.621. The van der Waals surface area contributed by atoms with Crippen LogP contribution in [0.15, 0.2) is 54.6 Å². The maximum Gasteiger partial charge on any atom is 0.127 e. The fraction of sp³-hybridized carbons (Fsp3) is 0.429. The topological polar surface area (TPSA) is 24.5 Å². The summed E-state index contributed by atoms with van der Waals surface area (Å²) in [5.74, 6) is 1.76. The molecule has 1 heterocycles. The van der Waals surface area contributed by atoms with E-state index in [-0.39, 0.29) is 0 Å². The SMILES string of the molecule is CCC(C)NC1CCN(c2ccc(Oc3ccccc3)cc2)CC1. The van der Waals surface area contributed by atoms with E-state index in [4.69, 9.17) is 4.74 Å². The van der Waals surface area contributed by atoms with E-state index in [1.165, 1.54) is 24.9 Å². The Bertz CT molecular complexity index is 603. The molecule has 1 N–H and O–H groups in total. The largest absolute Gasteiger partial charge is 0.457 e. The standard InChI is InChI=1S/C21H28N2O/c1-3-17(2)22-18-13-15-23(16-14-18)19-9-11-21(12-10-19)24-20-7-5-4-6-8-20/h4-12,17-18,22H,3,13-16H2,1-2H3. The molecule has 3 heteroatoms. The Kier molecular flexibility index (Phi) is 5.76. The van der Waals surface area contributed by atoms with Crippen molar-refractivity contribution in [1.29, 1.82) is 0 Å². The Morgan fingerprint density at radius 3 is 2.25 bits per heavy atom. The fourth-order valence-electron chi connectivity index (χ4n) is 3.17. The number of ether oxygens (including phenoxy) is 1. The maximum atomic E-state index is 5.87. The number of para-hydroxylation sites is 1. The second kappa shape index (κ2) is 8.20. The van der Waals surface area contributed by atoms with Crippen molar-refractivity contribution in [3.63, 3.8) is 0 Å². The number of benzene rings is 2. The average Bonchev–Trinajstić information content (AvgIpc) is 2.64. The summed E-state index contributed by atoms with van der Waals surface area (Å²) in [5.41, 5.74) is 1.29. The van der Waals surface area contributed by atoms with Gasteiger partial charge in [-0.15, -0.1) is 0 Å². The molecule has 1 unspecified atom stereocenters. The third-order valence-electron chi connectivity index (χ3n) is 4.81. The van der Waals surface area contributed by atoms with Gasteiger partial charge in [-0.3, -0.25) is 0 Å². The van der Waals surface area contributed by atoms with E-state index >= 15 is 0 Å². The molecular formula is C21H28N2O. The first-order chi connectivity index (χ1) is 11.7. The Morgan fingerprint density at radius 1 is 1.00 bits per heavy atom. The molecule has 1 aliphatic heterocycles. The average molecular weight is 324 g/mol. The van der Waals surface area contributed by atoms with Crippen molar-refractivity contribution < 1.29 is 4.74 Å². The van der Waals surface area contributed by atoms with Crippen LogP contribution in [-0.2, 0) is 0 Å². The van der Waals surface area contributed by atoms with Gasteiger partial charge in [0.1, 0.15) is 11.5 Å². The lowest BCUT2D eigenvalue weighted by atomic mass is 10.0. The highest BCUT2D eigenvalue weighted by molar-refractivity contribution is 5.50. The smallest absolute Gasteiger partial charge is 0.127 e. The van der Waals surface area contributed by atoms with Crippen LogP contribution in [0.3, 0.4) is 0 Å². The van der Waals surface area contributed by atoms with Gasteiger partial charge in [0.2, 0.25) is 0 Å². The lowest BCUT2D eigenvalue weighted by Gasteiger charge is -2.35. The minimum Gasteiger partial charge on any atom is -0.457 e. The van der Waals surface area contributed by atoms with Crippen molar-refractivity contribution in [2.24, 2.45) is 0 Å². The molecule has 1 saturated heterocycles. The van der Waals surface area contributed by atoms with E-state index in [1.54, 1.807) is 0 Å². The number of nitrogens with one attached hydrogen (secondary N) is 1. The predicted octanol–water partition coefficient (Wildman–Crippen LogP) is 4.84. The first-order valence-corrected chi connectivity index (χ1v) is 9.08. The number of hydrogen-bond acceptors (Lipinski definition) is 3. The van der Waals surface area contributed by atoms with E-state index in [9.17, 15) is 0 Å². The molecule has 128 valence electrons. The van der Waals surface area contributed by atoms with Gasteiger partial charge in [0.15, 0.2) is 0 Å². The fourth-order valence-corrected chi connectivity index (χ4v) is 3.17. The second-order valence-corrected chi connectivity index (χ2v) is 6.65. The van der Waals surface area contributed by atoms with Crippen molar-refractivity contribution in [2.45, 2.75) is 45.2 Å². The lowest BCUT2D eigenvalue weighted by Crippen LogP contribution is -2.45. The van der Waals surface area contributed by atoms with Crippen LogP contribution in [0, 0.1) is 0 Å². The van der Waals surface area contributed by atoms with Crippen molar-refractivity contribution in [2.75, 3.05) is 18.0 Å². The zero-order chi connectivity index (χ0) is 16.8. The first-order valence-electron chi connectivity index (χ1n) is 9.08. The van der Waals surface area contributed by atoms with Crippen molar-refractivity contribution in [1.82, 2.24) is 5.32 Å². The summed E-state index contributed by atoms with van der Waals surface area (Å²) in [5, 5.41) is 3.73. The Balaban J connectivity index is 1.53. The van der Waals surface area contributed by atoms with E-state index in [0.717, 1.165) is 24.6 Å². The van der Waals surface area contributed by atoms with Crippen LogP contribution in [-0.4, -0.2) is 25.2 Å². The molecule has 2 aromatic rings. The molecule has 2 aromatic carbocycles. The summed E-state index contributed by atoms with van der Waals surface area (Å²) in [6.07, 6.45) is 3.63. The number of rotatable bonds is 6. The molecule has 1 atom stereocenters. The molecule has 0 amide bonds. The summed E-state index contributed by atoms with van der Waals surface area (Å²) in [7, 11) is 0. The molecule has 0 aliphatic carbocycles. The molecule has 3 rings (SSSR count). The molecule has 0 spiro atoms. The van der Waals surface area contributed by atoms with Gasteiger partial charge in [-0.25, -0.2) is 0 Å². The zero-order valence-corrected chi connectivity index (χ0v) is 14.7. The summed E-state index contributed by atoms with van der Waals surface area (Å²) in [6.45, 7) is 6.75. The van der Waals surface area contributed by atoms with Crippen LogP contribution in [0.25, 0.3) is 0 Å². The van der Waals surface area contributed by atoms with Crippen molar-refractivity contribution in [3.8, 4) is 11.5 Å². The van der Waals surface area contributed by atoms with Crippen LogP contribution < -0.4 is 15.0 Å². The number of anilines is 1. The molecular weight excluding hydrogens is 296 g/mol. The number of piperidine rings is 1. The highest BCUT2D eigenvalue weighted by Gasteiger charge is 2.20. The normalized spacial score (nSPS) is 16.8. The predicted molar refractivity (Wildman–Crippen MR) is 101 cm³/mol. The van der Waals surface area contributed by atoms with Crippen LogP contribution in [0.5, 0.6) is 11.5 Å². The van der Waals surface area contributed by atoms with Crippen LogP contribution >= 0.6 is 0 Å². The third-order valence-corrected chi connectivity index (χ3v) is 4.81. The van der Waals surface area contributed by atoms with Gasteiger partial charge < -0.3 is 15.0 Å². The highest BCUT2D eigenvalue weighted by atomic mass is 16.5. The zero-order valence-electron chi connectivity index (χ0n) is 14.7.